The van der Waals surface area contributed by atoms with Crippen molar-refractivity contribution in [1.82, 2.24) is 5.32 Å². The molecule has 0 fully saturated rings. The average Bonchev–Trinajstić information content (AvgIpc) is 2.52. The van der Waals surface area contributed by atoms with Crippen molar-refractivity contribution >= 4 is 17.6 Å². The van der Waals surface area contributed by atoms with Gasteiger partial charge in [-0.05, 0) is 13.8 Å². The first-order valence-electron chi connectivity index (χ1n) is 6.87. The number of nitro benzene ring substituents is 1. The van der Waals surface area contributed by atoms with E-state index < -0.39 is 34.6 Å². The summed E-state index contributed by atoms with van der Waals surface area (Å²) in [6.07, 6.45) is 0. The quantitative estimate of drug-likeness (QED) is 0.458. The zero-order valence-electron chi connectivity index (χ0n) is 13.4. The average molecular weight is 342 g/mol. The van der Waals surface area contributed by atoms with E-state index in [-0.39, 0.29) is 23.7 Å². The van der Waals surface area contributed by atoms with Crippen molar-refractivity contribution in [3.8, 4) is 11.5 Å². The summed E-state index contributed by atoms with van der Waals surface area (Å²) in [6.45, 7) is 2.28. The number of ether oxygens (including phenoxy) is 2. The first-order valence-corrected chi connectivity index (χ1v) is 6.87. The lowest BCUT2D eigenvalue weighted by Crippen LogP contribution is -2.46. The Balaban J connectivity index is 3.20. The summed E-state index contributed by atoms with van der Waals surface area (Å²) < 4.78 is 10.3. The first kappa shape index (κ1) is 19.2. The Hall–Kier alpha value is -2.88. The van der Waals surface area contributed by atoms with Gasteiger partial charge < -0.3 is 25.0 Å². The summed E-state index contributed by atoms with van der Waals surface area (Å²) in [5, 5.41) is 31.7. The first-order chi connectivity index (χ1) is 11.1. The smallest absolute Gasteiger partial charge is 0.337 e. The monoisotopic (exact) mass is 342 g/mol. The second-order valence-electron chi connectivity index (χ2n) is 4.97. The predicted molar refractivity (Wildman–Crippen MR) is 81.4 cm³/mol. The third-order valence-electron chi connectivity index (χ3n) is 3.08. The second kappa shape index (κ2) is 7.59. The van der Waals surface area contributed by atoms with Gasteiger partial charge in [0.1, 0.15) is 5.56 Å². The number of amides is 1. The van der Waals surface area contributed by atoms with E-state index in [0.29, 0.717) is 0 Å². The SMILES string of the molecule is CCOc1cc(C(=O)NCC(C)(O)C(=O)O)c([N+](=O)[O-])cc1OC. The molecule has 1 amide bonds. The second-order valence-corrected chi connectivity index (χ2v) is 4.97. The Kier molecular flexibility index (Phi) is 6.07. The number of nitrogens with zero attached hydrogens (tertiary/aromatic N) is 1. The molecule has 1 aromatic carbocycles. The van der Waals surface area contributed by atoms with Crippen LogP contribution in [0.5, 0.6) is 11.5 Å². The Morgan fingerprint density at radius 1 is 1.38 bits per heavy atom. The number of aliphatic hydroxyl groups is 1. The molecular formula is C14H18N2O8. The summed E-state index contributed by atoms with van der Waals surface area (Å²) in [5.74, 6) is -2.26. The number of carboxylic acid groups (broad SMARTS) is 1. The van der Waals surface area contributed by atoms with Gasteiger partial charge in [0.2, 0.25) is 0 Å². The number of carbonyl (C=O) groups is 2. The van der Waals surface area contributed by atoms with Crippen LogP contribution in [0.2, 0.25) is 0 Å². The van der Waals surface area contributed by atoms with Crippen molar-refractivity contribution < 1.29 is 34.2 Å². The maximum absolute atomic E-state index is 12.2. The van der Waals surface area contributed by atoms with Gasteiger partial charge in [0.25, 0.3) is 11.6 Å². The largest absolute Gasteiger partial charge is 0.493 e. The maximum atomic E-state index is 12.2. The van der Waals surface area contributed by atoms with Crippen molar-refractivity contribution in [2.45, 2.75) is 19.4 Å². The van der Waals surface area contributed by atoms with Gasteiger partial charge in [0.05, 0.1) is 31.3 Å². The lowest BCUT2D eigenvalue weighted by molar-refractivity contribution is -0.385. The van der Waals surface area contributed by atoms with Gasteiger partial charge in [0.15, 0.2) is 17.1 Å². The highest BCUT2D eigenvalue weighted by atomic mass is 16.6. The van der Waals surface area contributed by atoms with E-state index in [1.54, 1.807) is 6.92 Å². The normalized spacial score (nSPS) is 12.8. The number of aliphatic carboxylic acids is 1. The molecule has 24 heavy (non-hydrogen) atoms. The summed E-state index contributed by atoms with van der Waals surface area (Å²) in [4.78, 5) is 33.4. The van der Waals surface area contributed by atoms with Gasteiger partial charge in [-0.2, -0.15) is 0 Å². The van der Waals surface area contributed by atoms with Crippen LogP contribution in [0.25, 0.3) is 0 Å². The minimum Gasteiger partial charge on any atom is -0.493 e. The molecule has 0 aromatic heterocycles. The molecule has 1 unspecified atom stereocenters. The summed E-state index contributed by atoms with van der Waals surface area (Å²) in [7, 11) is 1.30. The van der Waals surface area contributed by atoms with Gasteiger partial charge in [-0.1, -0.05) is 0 Å². The van der Waals surface area contributed by atoms with Crippen molar-refractivity contribution in [3.63, 3.8) is 0 Å². The zero-order valence-corrected chi connectivity index (χ0v) is 13.4. The van der Waals surface area contributed by atoms with E-state index in [1.807, 2.05) is 0 Å². The molecule has 0 bridgehead atoms. The lowest BCUT2D eigenvalue weighted by atomic mass is 10.1. The fourth-order valence-corrected chi connectivity index (χ4v) is 1.73. The molecule has 10 heteroatoms. The van der Waals surface area contributed by atoms with E-state index in [2.05, 4.69) is 5.32 Å². The molecule has 0 heterocycles. The van der Waals surface area contributed by atoms with Gasteiger partial charge in [-0.15, -0.1) is 0 Å². The molecule has 1 aromatic rings. The standard InChI is InChI=1S/C14H18N2O8/c1-4-24-11-5-8(9(16(21)22)6-10(11)23-3)12(17)15-7-14(2,20)13(18)19/h5-6,20H,4,7H2,1-3H3,(H,15,17)(H,18,19). The lowest BCUT2D eigenvalue weighted by Gasteiger charge is -2.18. The molecule has 0 aliphatic carbocycles. The van der Waals surface area contributed by atoms with E-state index in [4.69, 9.17) is 14.6 Å². The number of hydrogen-bond donors (Lipinski definition) is 3. The van der Waals surface area contributed by atoms with Crippen LogP contribution in [0, 0.1) is 10.1 Å². The molecule has 0 spiro atoms. The molecule has 10 nitrogen and oxygen atoms in total. The number of hydrogen-bond acceptors (Lipinski definition) is 7. The zero-order chi connectivity index (χ0) is 18.5. The molecular weight excluding hydrogens is 324 g/mol. The van der Waals surface area contributed by atoms with Crippen LogP contribution >= 0.6 is 0 Å². The highest BCUT2D eigenvalue weighted by Gasteiger charge is 2.32. The summed E-state index contributed by atoms with van der Waals surface area (Å²) in [6, 6.07) is 2.17. The van der Waals surface area contributed by atoms with E-state index in [1.165, 1.54) is 7.11 Å². The van der Waals surface area contributed by atoms with E-state index in [0.717, 1.165) is 19.1 Å². The number of methoxy groups -OCH3 is 1. The Bertz CT molecular complexity index is 656. The number of nitrogens with one attached hydrogen (secondary N) is 1. The van der Waals surface area contributed by atoms with Gasteiger partial charge in [0, 0.05) is 6.07 Å². The van der Waals surface area contributed by atoms with Crippen molar-refractivity contribution in [2.24, 2.45) is 0 Å². The fraction of sp³-hybridized carbons (Fsp3) is 0.429. The molecule has 3 N–H and O–H groups in total. The maximum Gasteiger partial charge on any atom is 0.337 e. The van der Waals surface area contributed by atoms with Crippen LogP contribution in [-0.4, -0.2) is 52.9 Å². The molecule has 0 radical (unpaired) electrons. The van der Waals surface area contributed by atoms with Crippen LogP contribution in [0.1, 0.15) is 24.2 Å². The van der Waals surface area contributed by atoms with Crippen LogP contribution in [-0.2, 0) is 4.79 Å². The number of carbonyl (C=O) groups excluding carboxylic acids is 1. The molecule has 0 aliphatic rings. The number of rotatable bonds is 8. The van der Waals surface area contributed by atoms with Gasteiger partial charge >= 0.3 is 5.97 Å². The van der Waals surface area contributed by atoms with Crippen LogP contribution in [0.15, 0.2) is 12.1 Å². The highest BCUT2D eigenvalue weighted by molar-refractivity contribution is 5.99. The van der Waals surface area contributed by atoms with Crippen molar-refractivity contribution in [3.05, 3.63) is 27.8 Å². The van der Waals surface area contributed by atoms with Crippen LogP contribution < -0.4 is 14.8 Å². The van der Waals surface area contributed by atoms with Crippen molar-refractivity contribution in [2.75, 3.05) is 20.3 Å². The molecule has 0 saturated carbocycles. The highest BCUT2D eigenvalue weighted by Crippen LogP contribution is 2.34. The Morgan fingerprint density at radius 2 is 2.00 bits per heavy atom. The van der Waals surface area contributed by atoms with Crippen LogP contribution in [0.3, 0.4) is 0 Å². The summed E-state index contributed by atoms with van der Waals surface area (Å²) in [5.41, 5.74) is -3.09. The molecule has 1 atom stereocenters. The molecule has 132 valence electrons. The Labute approximate surface area is 137 Å². The van der Waals surface area contributed by atoms with E-state index in [9.17, 15) is 24.8 Å². The van der Waals surface area contributed by atoms with Gasteiger partial charge in [-0.25, -0.2) is 4.79 Å². The number of nitro groups is 1. The number of carboxylic acids is 1. The molecule has 0 aliphatic heterocycles. The summed E-state index contributed by atoms with van der Waals surface area (Å²) >= 11 is 0. The third kappa shape index (κ3) is 4.32. The predicted octanol–water partition coefficient (Wildman–Crippen LogP) is 0.567. The number of benzene rings is 1. The van der Waals surface area contributed by atoms with Crippen LogP contribution in [0.4, 0.5) is 5.69 Å². The topological polar surface area (TPSA) is 148 Å². The fourth-order valence-electron chi connectivity index (χ4n) is 1.73. The third-order valence-corrected chi connectivity index (χ3v) is 3.08. The minimum atomic E-state index is -2.21. The van der Waals surface area contributed by atoms with Gasteiger partial charge in [-0.3, -0.25) is 14.9 Å². The van der Waals surface area contributed by atoms with E-state index >= 15 is 0 Å². The molecule has 0 saturated heterocycles. The molecule has 1 rings (SSSR count). The van der Waals surface area contributed by atoms with Crippen molar-refractivity contribution in [1.29, 1.82) is 0 Å². The Morgan fingerprint density at radius 3 is 2.46 bits per heavy atom. The minimum absolute atomic E-state index is 0.0811.